The van der Waals surface area contributed by atoms with E-state index in [0.29, 0.717) is 0 Å². The van der Waals surface area contributed by atoms with E-state index < -0.39 is 46.1 Å². The fourth-order valence-electron chi connectivity index (χ4n) is 3.13. The van der Waals surface area contributed by atoms with Gasteiger partial charge in [-0.15, -0.1) is 23.1 Å². The molecule has 11 nitrogen and oxygen atoms in total. The number of rotatable bonds is 8. The Kier molecular flexibility index (Phi) is 6.62. The predicted molar refractivity (Wildman–Crippen MR) is 107 cm³/mol. The lowest BCUT2D eigenvalue weighted by atomic mass is 9.96. The van der Waals surface area contributed by atoms with E-state index in [2.05, 4.69) is 10.0 Å². The van der Waals surface area contributed by atoms with Crippen molar-refractivity contribution in [3.63, 3.8) is 0 Å². The maximum atomic E-state index is 13.0. The number of nitrogens with zero attached hydrogens (tertiary/aromatic N) is 1. The summed E-state index contributed by atoms with van der Waals surface area (Å²) in [5.41, 5.74) is -2.12. The maximum Gasteiger partial charge on any atom is 0.352 e. The van der Waals surface area contributed by atoms with Crippen LogP contribution in [0.3, 0.4) is 0 Å². The van der Waals surface area contributed by atoms with Crippen LogP contribution in [-0.2, 0) is 41.6 Å². The summed E-state index contributed by atoms with van der Waals surface area (Å²) < 4.78 is 27.8. The number of ether oxygens (including phenoxy) is 1. The Balaban J connectivity index is 1.88. The monoisotopic (exact) mass is 475 g/mol. The highest BCUT2D eigenvalue weighted by molar-refractivity contribution is 8.00. The van der Waals surface area contributed by atoms with Gasteiger partial charge in [0, 0.05) is 23.1 Å². The van der Waals surface area contributed by atoms with Gasteiger partial charge in [-0.2, -0.15) is 4.72 Å². The molecule has 0 spiro atoms. The van der Waals surface area contributed by atoms with Gasteiger partial charge in [0.1, 0.15) is 17.7 Å². The topological polar surface area (TPSA) is 162 Å². The van der Waals surface area contributed by atoms with Crippen LogP contribution in [-0.4, -0.2) is 65.9 Å². The van der Waals surface area contributed by atoms with Crippen molar-refractivity contribution in [1.82, 2.24) is 14.9 Å². The van der Waals surface area contributed by atoms with Crippen LogP contribution in [0.4, 0.5) is 0 Å². The molecule has 2 unspecified atom stereocenters. The van der Waals surface area contributed by atoms with E-state index in [1.165, 1.54) is 18.3 Å². The number of amides is 2. The highest BCUT2D eigenvalue weighted by Crippen LogP contribution is 2.45. The Morgan fingerprint density at radius 3 is 2.73 bits per heavy atom. The van der Waals surface area contributed by atoms with Crippen LogP contribution in [0.2, 0.25) is 0 Å². The fourth-order valence-corrected chi connectivity index (χ4v) is 5.83. The molecule has 1 aromatic rings. The van der Waals surface area contributed by atoms with E-state index in [4.69, 9.17) is 4.74 Å². The number of hydrogen-bond acceptors (Lipinski definition) is 8. The molecule has 2 aliphatic rings. The molecule has 0 radical (unpaired) electrons. The van der Waals surface area contributed by atoms with Crippen LogP contribution in [0.5, 0.6) is 0 Å². The Hall–Kier alpha value is -2.26. The molecule has 3 atom stereocenters. The van der Waals surface area contributed by atoms with Crippen molar-refractivity contribution in [1.29, 1.82) is 0 Å². The third kappa shape index (κ3) is 4.27. The summed E-state index contributed by atoms with van der Waals surface area (Å²) in [5, 5.41) is 12.9. The van der Waals surface area contributed by atoms with Crippen LogP contribution >= 0.6 is 23.1 Å². The molecule has 0 bridgehead atoms. The number of thiophene rings is 1. The lowest BCUT2D eigenvalue weighted by Crippen LogP contribution is -2.85. The van der Waals surface area contributed by atoms with Crippen molar-refractivity contribution >= 4 is 58.1 Å². The maximum absolute atomic E-state index is 13.0. The number of esters is 1. The first kappa shape index (κ1) is 22.4. The summed E-state index contributed by atoms with van der Waals surface area (Å²) in [5.74, 6) is -3.43. The normalized spacial score (nSPS) is 24.0. The van der Waals surface area contributed by atoms with E-state index in [1.54, 1.807) is 17.5 Å². The van der Waals surface area contributed by atoms with Crippen molar-refractivity contribution in [3.05, 3.63) is 33.7 Å². The van der Waals surface area contributed by atoms with Crippen LogP contribution in [0.15, 0.2) is 28.8 Å². The second-order valence-corrected chi connectivity index (χ2v) is 9.14. The molecular weight excluding hydrogens is 458 g/mol. The highest BCUT2D eigenvalue weighted by Gasteiger charge is 2.66. The number of hydrogen-bond donors (Lipinski definition) is 4. The molecule has 0 saturated carbocycles. The Morgan fingerprint density at radius 1 is 1.43 bits per heavy atom. The zero-order valence-electron chi connectivity index (χ0n) is 15.4. The Morgan fingerprint density at radius 2 is 2.17 bits per heavy atom. The fraction of sp³-hybridized carbons (Fsp3) is 0.375. The minimum Gasteiger partial charge on any atom is -0.477 e. The standard InChI is InChI=1S/C16H17N3O8S3/c1-8(20)27-6-9-7-29-15-16(18-30(25)26,14(24)19(15)12(9)13(22)23)17-11(21)5-10-3-2-4-28-10/h2-4,15,18H,5-7H2,1H3,(H,17,21)(H,22,23)(H,25,26)/t15-,16?/m1/s1. The lowest BCUT2D eigenvalue weighted by molar-refractivity contribution is -0.160. The van der Waals surface area contributed by atoms with Gasteiger partial charge in [0.15, 0.2) is 0 Å². The smallest absolute Gasteiger partial charge is 0.352 e. The minimum atomic E-state index is -2.67. The predicted octanol–water partition coefficient (Wildman–Crippen LogP) is -0.354. The van der Waals surface area contributed by atoms with E-state index in [-0.39, 0.29) is 30.1 Å². The molecule has 3 heterocycles. The molecule has 4 N–H and O–H groups in total. The molecule has 0 aromatic carbocycles. The van der Waals surface area contributed by atoms with Crippen molar-refractivity contribution in [2.45, 2.75) is 24.4 Å². The third-order valence-corrected chi connectivity index (χ3v) is 7.07. The second-order valence-electron chi connectivity index (χ2n) is 6.34. The number of carboxylic acids is 1. The van der Waals surface area contributed by atoms with E-state index in [0.717, 1.165) is 21.5 Å². The van der Waals surface area contributed by atoms with Crippen LogP contribution in [0.25, 0.3) is 0 Å². The minimum absolute atomic E-state index is 0.0524. The number of β-lactam (4-membered cyclic amide) rings is 1. The van der Waals surface area contributed by atoms with E-state index in [9.17, 15) is 33.0 Å². The van der Waals surface area contributed by atoms with Crippen LogP contribution < -0.4 is 10.0 Å². The average Bonchev–Trinajstić information content (AvgIpc) is 3.16. The molecule has 3 rings (SSSR count). The number of thioether (sulfide) groups is 1. The zero-order valence-corrected chi connectivity index (χ0v) is 17.9. The van der Waals surface area contributed by atoms with Gasteiger partial charge >= 0.3 is 11.9 Å². The van der Waals surface area contributed by atoms with Gasteiger partial charge in [0.25, 0.3) is 5.91 Å². The Labute approximate surface area is 181 Å². The van der Waals surface area contributed by atoms with Gasteiger partial charge in [0.2, 0.25) is 22.8 Å². The average molecular weight is 476 g/mol. The second kappa shape index (κ2) is 8.85. The van der Waals surface area contributed by atoms with Gasteiger partial charge < -0.3 is 15.2 Å². The zero-order chi connectivity index (χ0) is 22.1. The van der Waals surface area contributed by atoms with E-state index in [1.807, 2.05) is 0 Å². The number of fused-ring (bicyclic) bond motifs is 1. The van der Waals surface area contributed by atoms with Crippen LogP contribution in [0, 0.1) is 0 Å². The van der Waals surface area contributed by atoms with Crippen molar-refractivity contribution in [2.75, 3.05) is 12.4 Å². The summed E-state index contributed by atoms with van der Waals surface area (Å²) in [6, 6.07) is 3.48. The van der Waals surface area contributed by atoms with Crippen molar-refractivity contribution in [2.24, 2.45) is 0 Å². The number of nitrogens with one attached hydrogen (secondary N) is 2. The number of aliphatic carboxylic acids is 1. The summed E-state index contributed by atoms with van der Waals surface area (Å²) in [7, 11) is 0. The number of carbonyl (C=O) groups is 4. The third-order valence-electron chi connectivity index (χ3n) is 4.30. The molecule has 14 heteroatoms. The molecular formula is C16H17N3O8S3. The highest BCUT2D eigenvalue weighted by atomic mass is 32.2. The van der Waals surface area contributed by atoms with Gasteiger partial charge in [-0.05, 0) is 11.4 Å². The van der Waals surface area contributed by atoms with Crippen LogP contribution in [0.1, 0.15) is 11.8 Å². The summed E-state index contributed by atoms with van der Waals surface area (Å²) in [6.07, 6.45) is -0.0524. The Bertz CT molecular complexity index is 948. The first-order valence-electron chi connectivity index (χ1n) is 8.41. The van der Waals surface area contributed by atoms with E-state index >= 15 is 0 Å². The largest absolute Gasteiger partial charge is 0.477 e. The van der Waals surface area contributed by atoms with Crippen molar-refractivity contribution in [3.8, 4) is 0 Å². The molecule has 2 amide bonds. The van der Waals surface area contributed by atoms with Gasteiger partial charge in [-0.25, -0.2) is 9.00 Å². The lowest BCUT2D eigenvalue weighted by Gasteiger charge is -2.56. The summed E-state index contributed by atoms with van der Waals surface area (Å²) in [6.45, 7) is 0.862. The summed E-state index contributed by atoms with van der Waals surface area (Å²) in [4.78, 5) is 50.0. The molecule has 1 saturated heterocycles. The summed E-state index contributed by atoms with van der Waals surface area (Å²) >= 11 is -0.267. The molecule has 1 fully saturated rings. The number of carbonyl (C=O) groups excluding carboxylic acids is 3. The number of carboxylic acid groups (broad SMARTS) is 1. The molecule has 2 aliphatic heterocycles. The first-order chi connectivity index (χ1) is 14.2. The van der Waals surface area contributed by atoms with Gasteiger partial charge in [-0.1, -0.05) is 6.07 Å². The quantitative estimate of drug-likeness (QED) is 0.170. The first-order valence-corrected chi connectivity index (χ1v) is 11.4. The molecule has 1 aromatic heterocycles. The molecule has 162 valence electrons. The molecule has 30 heavy (non-hydrogen) atoms. The van der Waals surface area contributed by atoms with Gasteiger partial charge in [0.05, 0.1) is 6.42 Å². The molecule has 0 aliphatic carbocycles. The SMILES string of the molecule is CC(=O)OCC1=C(C(=O)O)N2C(=O)C(NC(=O)Cc3cccs3)(NS(=O)O)[C@H]2SC1. The van der Waals surface area contributed by atoms with Gasteiger partial charge in [-0.3, -0.25) is 23.8 Å². The van der Waals surface area contributed by atoms with Crippen molar-refractivity contribution < 1.29 is 37.8 Å².